The Morgan fingerprint density at radius 2 is 1.57 bits per heavy atom. The van der Waals surface area contributed by atoms with Gasteiger partial charge in [-0.2, -0.15) is 4.31 Å². The monoisotopic (exact) mass is 427 g/mol. The number of sulfonamides is 1. The van der Waals surface area contributed by atoms with Gasteiger partial charge in [-0.05, 0) is 37.6 Å². The van der Waals surface area contributed by atoms with Crippen molar-refractivity contribution < 1.29 is 18.0 Å². The van der Waals surface area contributed by atoms with E-state index in [1.807, 2.05) is 36.9 Å². The van der Waals surface area contributed by atoms with Crippen molar-refractivity contribution in [3.05, 3.63) is 59.7 Å². The van der Waals surface area contributed by atoms with Crippen LogP contribution in [0.5, 0.6) is 0 Å². The summed E-state index contributed by atoms with van der Waals surface area (Å²) in [4.78, 5) is 29.2. The van der Waals surface area contributed by atoms with Crippen LogP contribution in [0, 0.1) is 13.8 Å². The summed E-state index contributed by atoms with van der Waals surface area (Å²) in [6.07, 6.45) is 0.123. The van der Waals surface area contributed by atoms with E-state index in [0.717, 1.165) is 11.1 Å². The van der Waals surface area contributed by atoms with E-state index >= 15 is 0 Å². The molecule has 2 amide bonds. The SMILES string of the molecule is Cc1ccc(N2C(=O)C[C@@H](N3CCN(S(=O)(=O)c4ccccc4)CC3)C2=O)c(C)c1. The van der Waals surface area contributed by atoms with E-state index in [1.165, 1.54) is 9.21 Å². The van der Waals surface area contributed by atoms with Crippen LogP contribution in [0.25, 0.3) is 0 Å². The molecule has 158 valence electrons. The third-order valence-electron chi connectivity index (χ3n) is 5.81. The first-order valence-corrected chi connectivity index (χ1v) is 11.5. The first-order valence-electron chi connectivity index (χ1n) is 10.0. The van der Waals surface area contributed by atoms with Crippen molar-refractivity contribution in [1.29, 1.82) is 0 Å². The quantitative estimate of drug-likeness (QED) is 0.697. The van der Waals surface area contributed by atoms with Crippen molar-refractivity contribution in [3.63, 3.8) is 0 Å². The molecule has 0 saturated carbocycles. The van der Waals surface area contributed by atoms with Gasteiger partial charge in [0.15, 0.2) is 0 Å². The molecule has 2 aromatic carbocycles. The second-order valence-electron chi connectivity index (χ2n) is 7.83. The molecule has 2 saturated heterocycles. The van der Waals surface area contributed by atoms with Crippen LogP contribution in [0.3, 0.4) is 0 Å². The van der Waals surface area contributed by atoms with Crippen molar-refractivity contribution in [2.24, 2.45) is 0 Å². The Hall–Kier alpha value is -2.55. The molecule has 0 spiro atoms. The van der Waals surface area contributed by atoms with E-state index in [9.17, 15) is 18.0 Å². The van der Waals surface area contributed by atoms with Gasteiger partial charge < -0.3 is 0 Å². The van der Waals surface area contributed by atoms with Gasteiger partial charge in [-0.3, -0.25) is 14.5 Å². The summed E-state index contributed by atoms with van der Waals surface area (Å²) in [7, 11) is -3.55. The fourth-order valence-electron chi connectivity index (χ4n) is 4.21. The third-order valence-corrected chi connectivity index (χ3v) is 7.72. The predicted octanol–water partition coefficient (Wildman–Crippen LogP) is 1.94. The van der Waals surface area contributed by atoms with Gasteiger partial charge in [0.2, 0.25) is 15.9 Å². The molecule has 2 aliphatic heterocycles. The minimum atomic E-state index is -3.55. The van der Waals surface area contributed by atoms with E-state index in [0.29, 0.717) is 31.9 Å². The smallest absolute Gasteiger partial charge is 0.251 e. The number of carbonyl (C=O) groups excluding carboxylic acids is 2. The zero-order chi connectivity index (χ0) is 21.5. The average molecular weight is 428 g/mol. The second-order valence-corrected chi connectivity index (χ2v) is 9.77. The van der Waals surface area contributed by atoms with Crippen molar-refractivity contribution in [1.82, 2.24) is 9.21 Å². The molecule has 0 N–H and O–H groups in total. The number of carbonyl (C=O) groups is 2. The van der Waals surface area contributed by atoms with Crippen LogP contribution in [0.2, 0.25) is 0 Å². The fourth-order valence-corrected chi connectivity index (χ4v) is 5.65. The molecule has 1 atom stereocenters. The highest BCUT2D eigenvalue weighted by Gasteiger charge is 2.44. The molecule has 0 aliphatic carbocycles. The zero-order valence-corrected chi connectivity index (χ0v) is 17.9. The number of piperazine rings is 1. The highest BCUT2D eigenvalue weighted by atomic mass is 32.2. The lowest BCUT2D eigenvalue weighted by atomic mass is 10.1. The Morgan fingerprint density at radius 3 is 2.20 bits per heavy atom. The van der Waals surface area contributed by atoms with Crippen molar-refractivity contribution in [2.45, 2.75) is 31.2 Å². The van der Waals surface area contributed by atoms with E-state index < -0.39 is 16.1 Å². The van der Waals surface area contributed by atoms with Gasteiger partial charge in [0, 0.05) is 26.2 Å². The topological polar surface area (TPSA) is 78.0 Å². The number of hydrogen-bond donors (Lipinski definition) is 0. The van der Waals surface area contributed by atoms with Gasteiger partial charge in [0.1, 0.15) is 0 Å². The molecule has 4 rings (SSSR count). The predicted molar refractivity (Wildman–Crippen MR) is 114 cm³/mol. The van der Waals surface area contributed by atoms with Gasteiger partial charge in [-0.1, -0.05) is 35.9 Å². The molecule has 0 radical (unpaired) electrons. The summed E-state index contributed by atoms with van der Waals surface area (Å²) in [5.74, 6) is -0.442. The highest BCUT2D eigenvalue weighted by molar-refractivity contribution is 7.89. The lowest BCUT2D eigenvalue weighted by molar-refractivity contribution is -0.123. The third kappa shape index (κ3) is 3.66. The maximum absolute atomic E-state index is 13.1. The van der Waals surface area contributed by atoms with Crippen molar-refractivity contribution >= 4 is 27.5 Å². The lowest BCUT2D eigenvalue weighted by Gasteiger charge is -2.36. The van der Waals surface area contributed by atoms with Crippen molar-refractivity contribution in [3.8, 4) is 0 Å². The Morgan fingerprint density at radius 1 is 0.900 bits per heavy atom. The number of amides is 2. The van der Waals surface area contributed by atoms with Gasteiger partial charge in [-0.15, -0.1) is 0 Å². The van der Waals surface area contributed by atoms with Crippen LogP contribution < -0.4 is 4.90 Å². The normalized spacial score (nSPS) is 21.4. The molecule has 0 unspecified atom stereocenters. The number of nitrogens with zero attached hydrogens (tertiary/aromatic N) is 3. The van der Waals surface area contributed by atoms with E-state index in [4.69, 9.17) is 0 Å². The largest absolute Gasteiger partial charge is 0.289 e. The Bertz CT molecular complexity index is 1080. The lowest BCUT2D eigenvalue weighted by Crippen LogP contribution is -2.53. The number of anilines is 1. The van der Waals surface area contributed by atoms with Gasteiger partial charge in [0.05, 0.1) is 23.0 Å². The fraction of sp³-hybridized carbons (Fsp3) is 0.364. The standard InChI is InChI=1S/C22H25N3O4S/c1-16-8-9-19(17(2)14-16)25-21(26)15-20(22(25)27)23-10-12-24(13-11-23)30(28,29)18-6-4-3-5-7-18/h3-9,14,20H,10-13,15H2,1-2H3/t20-/m1/s1. The molecule has 2 fully saturated rings. The van der Waals surface area contributed by atoms with Gasteiger partial charge >= 0.3 is 0 Å². The van der Waals surface area contributed by atoms with Crippen LogP contribution in [0.1, 0.15) is 17.5 Å². The Labute approximate surface area is 176 Å². The maximum atomic E-state index is 13.1. The number of rotatable bonds is 4. The van der Waals surface area contributed by atoms with Gasteiger partial charge in [0.25, 0.3) is 5.91 Å². The molecule has 0 aromatic heterocycles. The average Bonchev–Trinajstić information content (AvgIpc) is 3.03. The molecular formula is C22H25N3O4S. The van der Waals surface area contributed by atoms with Crippen molar-refractivity contribution in [2.75, 3.05) is 31.1 Å². The summed E-state index contributed by atoms with van der Waals surface area (Å²) in [6, 6.07) is 13.5. The molecule has 0 bridgehead atoms. The summed E-state index contributed by atoms with van der Waals surface area (Å²) in [6.45, 7) is 5.27. The summed E-state index contributed by atoms with van der Waals surface area (Å²) < 4.78 is 27.1. The summed E-state index contributed by atoms with van der Waals surface area (Å²) in [5.41, 5.74) is 2.59. The molecular weight excluding hydrogens is 402 g/mol. The number of aryl methyl sites for hydroxylation is 2. The molecule has 30 heavy (non-hydrogen) atoms. The van der Waals surface area contributed by atoms with Crippen LogP contribution >= 0.6 is 0 Å². The van der Waals surface area contributed by atoms with Gasteiger partial charge in [-0.25, -0.2) is 13.3 Å². The van der Waals surface area contributed by atoms with Crippen LogP contribution in [-0.4, -0.2) is 61.7 Å². The van der Waals surface area contributed by atoms with Crippen LogP contribution in [-0.2, 0) is 19.6 Å². The minimum Gasteiger partial charge on any atom is -0.289 e. The first-order chi connectivity index (χ1) is 14.3. The molecule has 2 aromatic rings. The number of hydrogen-bond acceptors (Lipinski definition) is 5. The number of imide groups is 1. The number of benzene rings is 2. The second kappa shape index (κ2) is 7.94. The molecule has 7 nitrogen and oxygen atoms in total. The molecule has 2 heterocycles. The van der Waals surface area contributed by atoms with E-state index in [-0.39, 0.29) is 23.1 Å². The Kier molecular flexibility index (Phi) is 5.48. The minimum absolute atomic E-state index is 0.123. The summed E-state index contributed by atoms with van der Waals surface area (Å²) >= 11 is 0. The maximum Gasteiger partial charge on any atom is 0.251 e. The first kappa shape index (κ1) is 20.7. The zero-order valence-electron chi connectivity index (χ0n) is 17.1. The molecule has 2 aliphatic rings. The molecule has 8 heteroatoms. The van der Waals surface area contributed by atoms with Crippen LogP contribution in [0.4, 0.5) is 5.69 Å². The Balaban J connectivity index is 1.47. The van der Waals surface area contributed by atoms with E-state index in [1.54, 1.807) is 30.3 Å². The highest BCUT2D eigenvalue weighted by Crippen LogP contribution is 2.30. The van der Waals surface area contributed by atoms with E-state index in [2.05, 4.69) is 0 Å². The van der Waals surface area contributed by atoms with Crippen LogP contribution in [0.15, 0.2) is 53.4 Å². The summed E-state index contributed by atoms with van der Waals surface area (Å²) in [5, 5.41) is 0.